The SMILES string of the molecule is COc1cc2c(cc1NC(=O)[C@H](C)Oc1ccc(Cl)cc1C)oc1ccccc12. The molecule has 0 bridgehead atoms. The molecule has 0 aliphatic carbocycles. The number of hydrogen-bond acceptors (Lipinski definition) is 4. The van der Waals surface area contributed by atoms with Crippen LogP contribution in [0.4, 0.5) is 5.69 Å². The van der Waals surface area contributed by atoms with Crippen molar-refractivity contribution in [1.29, 1.82) is 0 Å². The highest BCUT2D eigenvalue weighted by Gasteiger charge is 2.19. The number of para-hydroxylation sites is 1. The summed E-state index contributed by atoms with van der Waals surface area (Å²) in [6.07, 6.45) is -0.717. The van der Waals surface area contributed by atoms with Gasteiger partial charge in [-0.25, -0.2) is 0 Å². The number of aryl methyl sites for hydroxylation is 1. The molecule has 5 nitrogen and oxygen atoms in total. The molecule has 0 aliphatic heterocycles. The van der Waals surface area contributed by atoms with Gasteiger partial charge in [0.15, 0.2) is 6.10 Å². The number of amides is 1. The van der Waals surface area contributed by atoms with Gasteiger partial charge in [0.25, 0.3) is 5.91 Å². The van der Waals surface area contributed by atoms with Crippen LogP contribution in [-0.2, 0) is 4.79 Å². The minimum absolute atomic E-state index is 0.298. The van der Waals surface area contributed by atoms with Crippen molar-refractivity contribution in [1.82, 2.24) is 0 Å². The lowest BCUT2D eigenvalue weighted by atomic mass is 10.1. The Labute approximate surface area is 173 Å². The zero-order chi connectivity index (χ0) is 20.5. The number of carbonyl (C=O) groups is 1. The summed E-state index contributed by atoms with van der Waals surface area (Å²) in [4.78, 5) is 12.7. The molecule has 0 fully saturated rings. The van der Waals surface area contributed by atoms with E-state index in [-0.39, 0.29) is 5.91 Å². The molecule has 4 aromatic rings. The van der Waals surface area contributed by atoms with Gasteiger partial charge in [-0.2, -0.15) is 0 Å². The lowest BCUT2D eigenvalue weighted by Gasteiger charge is -2.17. The maximum Gasteiger partial charge on any atom is 0.265 e. The van der Waals surface area contributed by atoms with Crippen LogP contribution in [0, 0.1) is 6.92 Å². The predicted molar refractivity (Wildman–Crippen MR) is 115 cm³/mol. The van der Waals surface area contributed by atoms with Crippen molar-refractivity contribution in [2.45, 2.75) is 20.0 Å². The highest BCUT2D eigenvalue weighted by Crippen LogP contribution is 2.36. The van der Waals surface area contributed by atoms with Crippen molar-refractivity contribution in [2.75, 3.05) is 12.4 Å². The van der Waals surface area contributed by atoms with Crippen LogP contribution in [0.5, 0.6) is 11.5 Å². The van der Waals surface area contributed by atoms with Gasteiger partial charge in [0.1, 0.15) is 22.7 Å². The maximum absolute atomic E-state index is 12.7. The average Bonchev–Trinajstić information content (AvgIpc) is 3.06. The topological polar surface area (TPSA) is 60.7 Å². The predicted octanol–water partition coefficient (Wildman–Crippen LogP) is 5.96. The van der Waals surface area contributed by atoms with E-state index in [0.717, 1.165) is 21.9 Å². The van der Waals surface area contributed by atoms with Gasteiger partial charge in [0.2, 0.25) is 0 Å². The first-order chi connectivity index (χ1) is 14.0. The van der Waals surface area contributed by atoms with Crippen LogP contribution in [0.1, 0.15) is 12.5 Å². The summed E-state index contributed by atoms with van der Waals surface area (Å²) in [5.41, 5.74) is 2.83. The zero-order valence-electron chi connectivity index (χ0n) is 16.3. The highest BCUT2D eigenvalue weighted by atomic mass is 35.5. The molecule has 0 aliphatic rings. The number of ether oxygens (including phenoxy) is 2. The Morgan fingerprint density at radius 3 is 2.59 bits per heavy atom. The average molecular weight is 410 g/mol. The summed E-state index contributed by atoms with van der Waals surface area (Å²) in [5, 5.41) is 5.42. The summed E-state index contributed by atoms with van der Waals surface area (Å²) in [5.74, 6) is 0.858. The van der Waals surface area contributed by atoms with Gasteiger partial charge in [0.05, 0.1) is 12.8 Å². The number of carbonyl (C=O) groups excluding carboxylic acids is 1. The van der Waals surface area contributed by atoms with E-state index in [0.29, 0.717) is 27.8 Å². The Morgan fingerprint density at radius 2 is 1.83 bits per heavy atom. The number of nitrogens with one attached hydrogen (secondary N) is 1. The van der Waals surface area contributed by atoms with E-state index < -0.39 is 6.10 Å². The molecule has 0 saturated heterocycles. The smallest absolute Gasteiger partial charge is 0.265 e. The van der Waals surface area contributed by atoms with E-state index in [1.54, 1.807) is 38.3 Å². The van der Waals surface area contributed by atoms with Gasteiger partial charge in [-0.3, -0.25) is 4.79 Å². The molecule has 3 aromatic carbocycles. The van der Waals surface area contributed by atoms with E-state index in [1.165, 1.54) is 0 Å². The number of benzene rings is 3. The number of halogens is 1. The lowest BCUT2D eigenvalue weighted by Crippen LogP contribution is -2.30. The Kier molecular flexibility index (Phi) is 5.07. The van der Waals surface area contributed by atoms with Crippen LogP contribution < -0.4 is 14.8 Å². The molecule has 1 atom stereocenters. The third-order valence-corrected chi connectivity index (χ3v) is 5.00. The second kappa shape index (κ2) is 7.68. The summed E-state index contributed by atoms with van der Waals surface area (Å²) in [7, 11) is 1.57. The molecule has 0 spiro atoms. The van der Waals surface area contributed by atoms with Crippen molar-refractivity contribution in [3.05, 3.63) is 65.2 Å². The first-order valence-electron chi connectivity index (χ1n) is 9.19. The van der Waals surface area contributed by atoms with Crippen LogP contribution in [0.25, 0.3) is 21.9 Å². The lowest BCUT2D eigenvalue weighted by molar-refractivity contribution is -0.122. The molecule has 0 unspecified atom stereocenters. The molecule has 0 saturated carbocycles. The normalized spacial score (nSPS) is 12.1. The summed E-state index contributed by atoms with van der Waals surface area (Å²) >= 11 is 5.98. The zero-order valence-corrected chi connectivity index (χ0v) is 17.0. The fourth-order valence-electron chi connectivity index (χ4n) is 3.24. The first-order valence-corrected chi connectivity index (χ1v) is 9.57. The molecule has 0 radical (unpaired) electrons. The summed E-state index contributed by atoms with van der Waals surface area (Å²) in [6.45, 7) is 3.57. The van der Waals surface area contributed by atoms with Crippen molar-refractivity contribution < 1.29 is 18.7 Å². The highest BCUT2D eigenvalue weighted by molar-refractivity contribution is 6.30. The molecule has 1 amide bonds. The van der Waals surface area contributed by atoms with Crippen molar-refractivity contribution in [2.24, 2.45) is 0 Å². The number of anilines is 1. The third-order valence-electron chi connectivity index (χ3n) is 4.77. The molecule has 1 N–H and O–H groups in total. The quantitative estimate of drug-likeness (QED) is 0.441. The van der Waals surface area contributed by atoms with E-state index >= 15 is 0 Å². The summed E-state index contributed by atoms with van der Waals surface area (Å²) < 4.78 is 17.2. The monoisotopic (exact) mass is 409 g/mol. The molecular weight excluding hydrogens is 390 g/mol. The van der Waals surface area contributed by atoms with Crippen molar-refractivity contribution >= 4 is 45.1 Å². The van der Waals surface area contributed by atoms with Gasteiger partial charge in [0, 0.05) is 21.9 Å². The van der Waals surface area contributed by atoms with Gasteiger partial charge < -0.3 is 19.2 Å². The second-order valence-electron chi connectivity index (χ2n) is 6.81. The van der Waals surface area contributed by atoms with Crippen LogP contribution in [0.15, 0.2) is 59.0 Å². The largest absolute Gasteiger partial charge is 0.495 e. The van der Waals surface area contributed by atoms with E-state index in [9.17, 15) is 4.79 Å². The summed E-state index contributed by atoms with van der Waals surface area (Å²) in [6, 6.07) is 16.7. The second-order valence-corrected chi connectivity index (χ2v) is 7.24. The third kappa shape index (κ3) is 3.74. The van der Waals surface area contributed by atoms with E-state index in [1.807, 2.05) is 37.3 Å². The minimum atomic E-state index is -0.717. The molecule has 4 rings (SSSR count). The standard InChI is InChI=1S/C23H20ClNO4/c1-13-10-15(24)8-9-19(13)28-14(2)23(26)25-18-12-21-17(11-22(18)27-3)16-6-4-5-7-20(16)29-21/h4-12,14H,1-3H3,(H,25,26)/t14-/m0/s1. The Morgan fingerprint density at radius 1 is 1.03 bits per heavy atom. The van der Waals surface area contributed by atoms with Crippen molar-refractivity contribution in [3.8, 4) is 11.5 Å². The number of furan rings is 1. The number of hydrogen-bond donors (Lipinski definition) is 1. The van der Waals surface area contributed by atoms with E-state index in [4.69, 9.17) is 25.5 Å². The van der Waals surface area contributed by atoms with Crippen LogP contribution in [0.2, 0.25) is 5.02 Å². The fourth-order valence-corrected chi connectivity index (χ4v) is 3.47. The molecular formula is C23H20ClNO4. The number of rotatable bonds is 5. The molecule has 6 heteroatoms. The van der Waals surface area contributed by atoms with Gasteiger partial charge in [-0.05, 0) is 49.7 Å². The number of methoxy groups -OCH3 is 1. The fraction of sp³-hybridized carbons (Fsp3) is 0.174. The first kappa shape index (κ1) is 19.2. The Balaban J connectivity index is 1.60. The molecule has 29 heavy (non-hydrogen) atoms. The van der Waals surface area contributed by atoms with Gasteiger partial charge >= 0.3 is 0 Å². The Bertz CT molecular complexity index is 1210. The van der Waals surface area contributed by atoms with Crippen molar-refractivity contribution in [3.63, 3.8) is 0 Å². The molecule has 1 heterocycles. The number of fused-ring (bicyclic) bond motifs is 3. The van der Waals surface area contributed by atoms with Crippen LogP contribution in [-0.4, -0.2) is 19.1 Å². The van der Waals surface area contributed by atoms with Crippen LogP contribution >= 0.6 is 11.6 Å². The van der Waals surface area contributed by atoms with Crippen LogP contribution in [0.3, 0.4) is 0 Å². The molecule has 1 aromatic heterocycles. The maximum atomic E-state index is 12.7. The van der Waals surface area contributed by atoms with Gasteiger partial charge in [-0.1, -0.05) is 29.8 Å². The van der Waals surface area contributed by atoms with E-state index in [2.05, 4.69) is 5.32 Å². The Hall–Kier alpha value is -3.18. The van der Waals surface area contributed by atoms with Gasteiger partial charge in [-0.15, -0.1) is 0 Å². The molecule has 148 valence electrons. The minimum Gasteiger partial charge on any atom is -0.495 e.